The topological polar surface area (TPSA) is 58.5 Å². The summed E-state index contributed by atoms with van der Waals surface area (Å²) in [4.78, 5) is 10.0. The summed E-state index contributed by atoms with van der Waals surface area (Å²) in [6.45, 7) is 3.76. The predicted molar refractivity (Wildman–Crippen MR) is 104 cm³/mol. The number of thiazole rings is 1. The molecule has 5 nitrogen and oxygen atoms in total. The molecule has 128 valence electrons. The van der Waals surface area contributed by atoms with E-state index in [-0.39, 0.29) is 24.0 Å². The number of ether oxygens (including phenoxy) is 1. The molecule has 0 radical (unpaired) electrons. The van der Waals surface area contributed by atoms with Gasteiger partial charge in [0.15, 0.2) is 5.96 Å². The molecule has 3 unspecified atom stereocenters. The number of hydrogen-bond acceptors (Lipinski definition) is 4. The van der Waals surface area contributed by atoms with E-state index < -0.39 is 0 Å². The number of aryl methyl sites for hydroxylation is 1. The molecule has 1 saturated heterocycles. The summed E-state index contributed by atoms with van der Waals surface area (Å²) in [5, 5.41) is 8.20. The minimum Gasteiger partial charge on any atom is -0.377 e. The van der Waals surface area contributed by atoms with E-state index in [1.807, 2.05) is 13.2 Å². The Hall–Kier alpha value is -0.410. The fraction of sp³-hybridized carbons (Fsp3) is 0.750. The lowest BCUT2D eigenvalue weighted by Gasteiger charge is -2.63. The summed E-state index contributed by atoms with van der Waals surface area (Å²) < 4.78 is 5.98. The van der Waals surface area contributed by atoms with Crippen LogP contribution in [0.5, 0.6) is 0 Å². The van der Waals surface area contributed by atoms with Crippen molar-refractivity contribution in [1.29, 1.82) is 0 Å². The highest BCUT2D eigenvalue weighted by Gasteiger charge is 2.66. The zero-order valence-corrected chi connectivity index (χ0v) is 16.8. The third-order valence-corrected chi connectivity index (χ3v) is 6.54. The molecule has 1 spiro atoms. The lowest BCUT2D eigenvalue weighted by Crippen LogP contribution is -2.72. The fourth-order valence-electron chi connectivity index (χ4n) is 4.44. The number of hydrogen-bond donors (Lipinski definition) is 2. The van der Waals surface area contributed by atoms with Gasteiger partial charge in [0.25, 0.3) is 0 Å². The molecule has 0 bridgehead atoms. The van der Waals surface area contributed by atoms with Crippen LogP contribution in [-0.2, 0) is 11.3 Å². The second kappa shape index (κ2) is 6.84. The highest BCUT2D eigenvalue weighted by molar-refractivity contribution is 14.0. The monoisotopic (exact) mass is 448 g/mol. The molecule has 23 heavy (non-hydrogen) atoms. The third kappa shape index (κ3) is 2.89. The van der Waals surface area contributed by atoms with Gasteiger partial charge in [0.1, 0.15) is 5.01 Å². The van der Waals surface area contributed by atoms with Gasteiger partial charge >= 0.3 is 0 Å². The summed E-state index contributed by atoms with van der Waals surface area (Å²) in [6, 6.07) is 0.526. The van der Waals surface area contributed by atoms with Gasteiger partial charge in [-0.25, -0.2) is 4.98 Å². The van der Waals surface area contributed by atoms with Crippen LogP contribution in [0.4, 0.5) is 0 Å². The minimum atomic E-state index is 0. The zero-order chi connectivity index (χ0) is 15.2. The van der Waals surface area contributed by atoms with Crippen molar-refractivity contribution in [3.05, 3.63) is 16.1 Å². The van der Waals surface area contributed by atoms with Crippen LogP contribution < -0.4 is 10.6 Å². The van der Waals surface area contributed by atoms with E-state index >= 15 is 0 Å². The average molecular weight is 448 g/mol. The molecule has 2 saturated carbocycles. The molecule has 0 aromatic carbocycles. The molecule has 4 rings (SSSR count). The van der Waals surface area contributed by atoms with E-state index in [4.69, 9.17) is 4.74 Å². The zero-order valence-electron chi connectivity index (χ0n) is 13.7. The van der Waals surface area contributed by atoms with Crippen LogP contribution in [0.15, 0.2) is 11.2 Å². The van der Waals surface area contributed by atoms with Gasteiger partial charge in [-0.05, 0) is 26.2 Å². The van der Waals surface area contributed by atoms with Crippen LogP contribution >= 0.6 is 35.3 Å². The highest BCUT2D eigenvalue weighted by atomic mass is 127. The van der Waals surface area contributed by atoms with Crippen LogP contribution in [-0.4, -0.2) is 36.7 Å². The second-order valence-electron chi connectivity index (χ2n) is 6.74. The summed E-state index contributed by atoms with van der Waals surface area (Å²) in [5.41, 5.74) is 0.385. The smallest absolute Gasteiger partial charge is 0.191 e. The first kappa shape index (κ1) is 17.4. The maximum absolute atomic E-state index is 5.98. The first-order valence-corrected chi connectivity index (χ1v) is 9.05. The molecule has 1 aromatic heterocycles. The summed E-state index contributed by atoms with van der Waals surface area (Å²) in [6.07, 6.45) is 7.55. The van der Waals surface area contributed by atoms with E-state index in [1.165, 1.54) is 30.6 Å². The molecular formula is C16H25IN4OS. The summed E-state index contributed by atoms with van der Waals surface area (Å²) >= 11 is 1.73. The van der Waals surface area contributed by atoms with Crippen LogP contribution in [0.25, 0.3) is 0 Å². The highest BCUT2D eigenvalue weighted by Crippen LogP contribution is 2.62. The molecular weight excluding hydrogens is 423 g/mol. The summed E-state index contributed by atoms with van der Waals surface area (Å²) in [5.74, 6) is 1.57. The maximum atomic E-state index is 5.98. The van der Waals surface area contributed by atoms with E-state index in [0.717, 1.165) is 24.1 Å². The number of halogens is 1. The Kier molecular flexibility index (Phi) is 5.18. The van der Waals surface area contributed by atoms with E-state index in [2.05, 4.69) is 27.5 Å². The molecule has 7 heteroatoms. The van der Waals surface area contributed by atoms with Gasteiger partial charge in [-0.3, -0.25) is 4.99 Å². The molecule has 1 aromatic rings. The van der Waals surface area contributed by atoms with Crippen molar-refractivity contribution in [2.24, 2.45) is 16.3 Å². The largest absolute Gasteiger partial charge is 0.377 e. The van der Waals surface area contributed by atoms with Gasteiger partial charge in [0.2, 0.25) is 0 Å². The predicted octanol–water partition coefficient (Wildman–Crippen LogP) is 2.69. The molecule has 3 fully saturated rings. The quantitative estimate of drug-likeness (QED) is 0.424. The Balaban J connectivity index is 0.00000156. The standard InChI is InChI=1S/C16H24N4OS.HI/c1-10-8-18-12(22-10)9-19-15(17-2)20-13-11-4-7-21-14(11)16(13)5-3-6-16;/h8,11,13-14H,3-7,9H2,1-2H3,(H2,17,19,20);1H. The fourth-order valence-corrected chi connectivity index (χ4v) is 5.17. The SMILES string of the molecule is CN=C(NCc1ncc(C)s1)NC1C2CCOC2C12CCC2.I. The molecule has 2 aliphatic carbocycles. The molecule has 2 heterocycles. The molecule has 3 aliphatic rings. The van der Waals surface area contributed by atoms with Crippen molar-refractivity contribution in [2.45, 2.75) is 51.3 Å². The minimum absolute atomic E-state index is 0. The van der Waals surface area contributed by atoms with Crippen molar-refractivity contribution in [2.75, 3.05) is 13.7 Å². The molecule has 3 atom stereocenters. The first-order chi connectivity index (χ1) is 10.7. The molecule has 0 amide bonds. The van der Waals surface area contributed by atoms with Crippen LogP contribution in [0.1, 0.15) is 35.6 Å². The average Bonchev–Trinajstić information content (AvgIpc) is 3.05. The maximum Gasteiger partial charge on any atom is 0.191 e. The van der Waals surface area contributed by atoms with Crippen molar-refractivity contribution in [1.82, 2.24) is 15.6 Å². The number of fused-ring (bicyclic) bond motifs is 2. The van der Waals surface area contributed by atoms with Crippen molar-refractivity contribution in [3.8, 4) is 0 Å². The lowest BCUT2D eigenvalue weighted by atomic mass is 9.46. The Morgan fingerprint density at radius 1 is 1.52 bits per heavy atom. The number of rotatable bonds is 3. The normalized spacial score (nSPS) is 30.9. The van der Waals surface area contributed by atoms with E-state index in [1.54, 1.807) is 11.3 Å². The third-order valence-electron chi connectivity index (χ3n) is 5.63. The van der Waals surface area contributed by atoms with Gasteiger partial charge in [-0.1, -0.05) is 6.42 Å². The van der Waals surface area contributed by atoms with Gasteiger partial charge in [-0.15, -0.1) is 35.3 Å². The van der Waals surface area contributed by atoms with E-state index in [9.17, 15) is 0 Å². The van der Waals surface area contributed by atoms with Crippen molar-refractivity contribution in [3.63, 3.8) is 0 Å². The number of nitrogens with zero attached hydrogens (tertiary/aromatic N) is 2. The number of aromatic nitrogens is 1. The van der Waals surface area contributed by atoms with Crippen LogP contribution in [0, 0.1) is 18.3 Å². The Labute approximate surface area is 158 Å². The van der Waals surface area contributed by atoms with Gasteiger partial charge in [-0.2, -0.15) is 0 Å². The van der Waals surface area contributed by atoms with Gasteiger partial charge in [0, 0.05) is 42.1 Å². The molecule has 1 aliphatic heterocycles. The van der Waals surface area contributed by atoms with Gasteiger partial charge < -0.3 is 15.4 Å². The Morgan fingerprint density at radius 3 is 2.96 bits per heavy atom. The van der Waals surface area contributed by atoms with Crippen LogP contribution in [0.2, 0.25) is 0 Å². The number of aliphatic imine (C=N–C) groups is 1. The van der Waals surface area contributed by atoms with Crippen molar-refractivity contribution >= 4 is 41.3 Å². The van der Waals surface area contributed by atoms with Crippen molar-refractivity contribution < 1.29 is 4.74 Å². The second-order valence-corrected chi connectivity index (χ2v) is 8.06. The van der Waals surface area contributed by atoms with Gasteiger partial charge in [0.05, 0.1) is 12.6 Å². The van der Waals surface area contributed by atoms with Crippen LogP contribution in [0.3, 0.4) is 0 Å². The lowest BCUT2D eigenvalue weighted by molar-refractivity contribution is -0.171. The number of guanidine groups is 1. The Morgan fingerprint density at radius 2 is 2.35 bits per heavy atom. The first-order valence-electron chi connectivity index (χ1n) is 8.23. The molecule has 2 N–H and O–H groups in total. The van der Waals surface area contributed by atoms with E-state index in [0.29, 0.717) is 23.5 Å². The number of nitrogens with one attached hydrogen (secondary N) is 2. The Bertz CT molecular complexity index is 586. The summed E-state index contributed by atoms with van der Waals surface area (Å²) in [7, 11) is 1.84.